The number of non-ortho nitro benzene ring substituents is 1. The average molecular weight is 335 g/mol. The molecular formula is C11H13BrClN3O2. The van der Waals surface area contributed by atoms with Crippen LogP contribution in [0.4, 0.5) is 11.4 Å². The Morgan fingerprint density at radius 3 is 2.44 bits per heavy atom. The largest absolute Gasteiger partial charge is 0.367 e. The third-order valence-electron chi connectivity index (χ3n) is 3.03. The van der Waals surface area contributed by atoms with Crippen LogP contribution >= 0.6 is 27.5 Å². The lowest BCUT2D eigenvalue weighted by molar-refractivity contribution is -0.384. The minimum absolute atomic E-state index is 0.00440. The molecule has 0 saturated carbocycles. The van der Waals surface area contributed by atoms with E-state index in [2.05, 4.69) is 32.8 Å². The predicted octanol–water partition coefficient (Wildman–Crippen LogP) is 2.76. The number of benzene rings is 1. The highest BCUT2D eigenvalue weighted by molar-refractivity contribution is 9.10. The molecular weight excluding hydrogens is 321 g/mol. The van der Waals surface area contributed by atoms with Crippen LogP contribution in [-0.4, -0.2) is 43.0 Å². The molecule has 0 aromatic heterocycles. The van der Waals surface area contributed by atoms with Crippen LogP contribution in [0.3, 0.4) is 0 Å². The van der Waals surface area contributed by atoms with E-state index >= 15 is 0 Å². The van der Waals surface area contributed by atoms with Crippen molar-refractivity contribution in [3.05, 3.63) is 31.7 Å². The van der Waals surface area contributed by atoms with Gasteiger partial charge in [0.25, 0.3) is 5.69 Å². The van der Waals surface area contributed by atoms with Crippen LogP contribution in [-0.2, 0) is 0 Å². The van der Waals surface area contributed by atoms with Gasteiger partial charge in [-0.3, -0.25) is 10.1 Å². The smallest absolute Gasteiger partial charge is 0.272 e. The van der Waals surface area contributed by atoms with Gasteiger partial charge in [0, 0.05) is 42.8 Å². The Balaban J connectivity index is 2.31. The van der Waals surface area contributed by atoms with E-state index < -0.39 is 4.92 Å². The summed E-state index contributed by atoms with van der Waals surface area (Å²) in [6, 6.07) is 2.90. The fourth-order valence-electron chi connectivity index (χ4n) is 1.99. The van der Waals surface area contributed by atoms with Gasteiger partial charge in [0.05, 0.1) is 15.6 Å². The molecule has 0 amide bonds. The van der Waals surface area contributed by atoms with Gasteiger partial charge < -0.3 is 9.80 Å². The van der Waals surface area contributed by atoms with Crippen LogP contribution in [0, 0.1) is 10.1 Å². The molecule has 18 heavy (non-hydrogen) atoms. The van der Waals surface area contributed by atoms with Crippen molar-refractivity contribution < 1.29 is 4.92 Å². The highest BCUT2D eigenvalue weighted by Crippen LogP contribution is 2.37. The van der Waals surface area contributed by atoms with Crippen LogP contribution in [0.1, 0.15) is 0 Å². The summed E-state index contributed by atoms with van der Waals surface area (Å²) >= 11 is 9.53. The van der Waals surface area contributed by atoms with E-state index in [9.17, 15) is 10.1 Å². The van der Waals surface area contributed by atoms with Gasteiger partial charge in [-0.05, 0) is 23.0 Å². The summed E-state index contributed by atoms with van der Waals surface area (Å²) in [5, 5.41) is 11.2. The summed E-state index contributed by atoms with van der Waals surface area (Å²) in [5.41, 5.74) is 0.847. The molecule has 0 unspecified atom stereocenters. The lowest BCUT2D eigenvalue weighted by Crippen LogP contribution is -2.44. The zero-order valence-electron chi connectivity index (χ0n) is 9.90. The number of hydrogen-bond acceptors (Lipinski definition) is 4. The van der Waals surface area contributed by atoms with Crippen molar-refractivity contribution in [3.8, 4) is 0 Å². The summed E-state index contributed by atoms with van der Waals surface area (Å²) in [6.45, 7) is 3.65. The van der Waals surface area contributed by atoms with E-state index in [0.717, 1.165) is 31.9 Å². The maximum absolute atomic E-state index is 10.7. The van der Waals surface area contributed by atoms with Crippen LogP contribution in [0.25, 0.3) is 0 Å². The number of rotatable bonds is 2. The van der Waals surface area contributed by atoms with Gasteiger partial charge in [0.2, 0.25) is 0 Å². The monoisotopic (exact) mass is 333 g/mol. The summed E-state index contributed by atoms with van der Waals surface area (Å²) in [6.07, 6.45) is 0. The molecule has 5 nitrogen and oxygen atoms in total. The van der Waals surface area contributed by atoms with E-state index in [1.807, 2.05) is 0 Å². The molecule has 0 aliphatic carbocycles. The SMILES string of the molecule is CN1CCN(c2c(Cl)cc([N+](=O)[O-])cc2Br)CC1. The first-order valence-corrected chi connectivity index (χ1v) is 6.73. The summed E-state index contributed by atoms with van der Waals surface area (Å²) in [4.78, 5) is 14.7. The minimum atomic E-state index is -0.440. The van der Waals surface area contributed by atoms with Crippen LogP contribution in [0.5, 0.6) is 0 Å². The molecule has 1 aliphatic rings. The first-order chi connectivity index (χ1) is 8.49. The second kappa shape index (κ2) is 5.42. The summed E-state index contributed by atoms with van der Waals surface area (Å²) < 4.78 is 0.672. The zero-order chi connectivity index (χ0) is 13.3. The fraction of sp³-hybridized carbons (Fsp3) is 0.455. The quantitative estimate of drug-likeness (QED) is 0.616. The molecule has 1 aromatic rings. The molecule has 1 aromatic carbocycles. The normalized spacial score (nSPS) is 16.9. The molecule has 0 radical (unpaired) electrons. The van der Waals surface area contributed by atoms with Gasteiger partial charge in [-0.15, -0.1) is 0 Å². The van der Waals surface area contributed by atoms with Crippen molar-refractivity contribution in [3.63, 3.8) is 0 Å². The molecule has 7 heteroatoms. The summed E-state index contributed by atoms with van der Waals surface area (Å²) in [5.74, 6) is 0. The molecule has 0 spiro atoms. The van der Waals surface area contributed by atoms with E-state index in [0.29, 0.717) is 9.50 Å². The van der Waals surface area contributed by atoms with Crippen molar-refractivity contribution in [1.82, 2.24) is 4.90 Å². The number of halogens is 2. The average Bonchev–Trinajstić information content (AvgIpc) is 2.30. The van der Waals surface area contributed by atoms with E-state index in [4.69, 9.17) is 11.6 Å². The van der Waals surface area contributed by atoms with Crippen molar-refractivity contribution in [1.29, 1.82) is 0 Å². The van der Waals surface area contributed by atoms with Gasteiger partial charge in [-0.1, -0.05) is 11.6 Å². The Labute approximate surface area is 119 Å². The van der Waals surface area contributed by atoms with Crippen molar-refractivity contribution in [2.45, 2.75) is 0 Å². The Morgan fingerprint density at radius 1 is 1.33 bits per heavy atom. The Kier molecular flexibility index (Phi) is 4.09. The van der Waals surface area contributed by atoms with Crippen molar-refractivity contribution in [2.75, 3.05) is 38.1 Å². The number of piperazine rings is 1. The number of hydrogen-bond donors (Lipinski definition) is 0. The lowest BCUT2D eigenvalue weighted by Gasteiger charge is -2.35. The van der Waals surface area contributed by atoms with Crippen molar-refractivity contribution >= 4 is 38.9 Å². The summed E-state index contributed by atoms with van der Waals surface area (Å²) in [7, 11) is 2.07. The maximum Gasteiger partial charge on any atom is 0.272 e. The van der Waals surface area contributed by atoms with Gasteiger partial charge >= 0.3 is 0 Å². The number of nitro groups is 1. The van der Waals surface area contributed by atoms with Gasteiger partial charge in [-0.2, -0.15) is 0 Å². The van der Waals surface area contributed by atoms with Crippen molar-refractivity contribution in [2.24, 2.45) is 0 Å². The standard InChI is InChI=1S/C11H13BrClN3O2/c1-14-2-4-15(5-3-14)11-9(12)6-8(16(17)18)7-10(11)13/h6-7H,2-5H2,1H3. The van der Waals surface area contributed by atoms with Crippen LogP contribution in [0.15, 0.2) is 16.6 Å². The van der Waals surface area contributed by atoms with E-state index in [1.165, 1.54) is 12.1 Å². The highest BCUT2D eigenvalue weighted by Gasteiger charge is 2.21. The molecule has 2 rings (SSSR count). The van der Waals surface area contributed by atoms with Gasteiger partial charge in [0.1, 0.15) is 0 Å². The molecule has 0 atom stereocenters. The minimum Gasteiger partial charge on any atom is -0.367 e. The number of anilines is 1. The zero-order valence-corrected chi connectivity index (χ0v) is 12.2. The molecule has 1 saturated heterocycles. The Bertz CT molecular complexity index is 452. The highest BCUT2D eigenvalue weighted by atomic mass is 79.9. The number of likely N-dealkylation sites (N-methyl/N-ethyl adjacent to an activating group) is 1. The molecule has 1 aliphatic heterocycles. The topological polar surface area (TPSA) is 49.6 Å². The third kappa shape index (κ3) is 2.76. The van der Waals surface area contributed by atoms with Gasteiger partial charge in [0.15, 0.2) is 0 Å². The van der Waals surface area contributed by atoms with Crippen LogP contribution < -0.4 is 4.90 Å². The van der Waals surface area contributed by atoms with E-state index in [1.54, 1.807) is 0 Å². The second-order valence-corrected chi connectivity index (χ2v) is 5.57. The first-order valence-electron chi connectivity index (χ1n) is 5.56. The molecule has 98 valence electrons. The molecule has 1 fully saturated rings. The molecule has 0 bridgehead atoms. The van der Waals surface area contributed by atoms with Crippen LogP contribution in [0.2, 0.25) is 5.02 Å². The number of nitro benzene ring substituents is 1. The van der Waals surface area contributed by atoms with E-state index in [-0.39, 0.29) is 5.69 Å². The maximum atomic E-state index is 10.7. The predicted molar refractivity (Wildman–Crippen MR) is 75.5 cm³/mol. The molecule has 1 heterocycles. The second-order valence-electron chi connectivity index (χ2n) is 4.31. The molecule has 0 N–H and O–H groups in total. The lowest BCUT2D eigenvalue weighted by atomic mass is 10.2. The Morgan fingerprint density at radius 2 is 1.94 bits per heavy atom. The first kappa shape index (κ1) is 13.6. The third-order valence-corrected chi connectivity index (χ3v) is 3.92. The van der Waals surface area contributed by atoms with Gasteiger partial charge in [-0.25, -0.2) is 0 Å². The Hall–Kier alpha value is -0.850. The fourth-order valence-corrected chi connectivity index (χ4v) is 3.14. The number of nitrogens with zero attached hydrogens (tertiary/aromatic N) is 3.